The largest absolute Gasteiger partial charge is 0.497 e. The predicted octanol–water partition coefficient (Wildman–Crippen LogP) is 5.41. The number of nitrogens with one attached hydrogen (secondary N) is 1. The minimum absolute atomic E-state index is 0. The number of ether oxygens (including phenoxy) is 3. The van der Waals surface area contributed by atoms with Crippen LogP contribution in [-0.2, 0) is 17.6 Å². The first-order valence-corrected chi connectivity index (χ1v) is 11.6. The highest BCUT2D eigenvalue weighted by atomic mass is 35.5. The first kappa shape index (κ1) is 26.6. The Labute approximate surface area is 192 Å². The number of rotatable bonds is 14. The molecule has 0 aliphatic carbocycles. The standard InChI is InChI=1S/C24H35NO3S.ClH/c1-5-27-16-17-28-23-13-10-21(18-24(23)29-4)14-15-25-19(2)6-7-20-8-11-22(26-3)12-9-20;/h8-13,18-19,25H,5-7,14-17H2,1-4H3;1H. The first-order chi connectivity index (χ1) is 14.2. The van der Waals surface area contributed by atoms with E-state index in [9.17, 15) is 0 Å². The van der Waals surface area contributed by atoms with E-state index >= 15 is 0 Å². The number of benzene rings is 2. The molecule has 1 N–H and O–H groups in total. The van der Waals surface area contributed by atoms with Gasteiger partial charge in [-0.1, -0.05) is 18.2 Å². The second kappa shape index (κ2) is 15.4. The predicted molar refractivity (Wildman–Crippen MR) is 130 cm³/mol. The number of halogens is 1. The van der Waals surface area contributed by atoms with Gasteiger partial charge in [-0.3, -0.25) is 0 Å². The summed E-state index contributed by atoms with van der Waals surface area (Å²) in [5.74, 6) is 1.86. The summed E-state index contributed by atoms with van der Waals surface area (Å²) in [5, 5.41) is 3.65. The van der Waals surface area contributed by atoms with Gasteiger partial charge in [0.2, 0.25) is 0 Å². The Balaban J connectivity index is 0.00000450. The SMILES string of the molecule is CCOCCOc1ccc(CCNC(C)CCc2ccc(OC)cc2)cc1SC.Cl. The van der Waals surface area contributed by atoms with Crippen molar-refractivity contribution in [2.45, 2.75) is 44.0 Å². The van der Waals surface area contributed by atoms with Crippen LogP contribution in [0.3, 0.4) is 0 Å². The van der Waals surface area contributed by atoms with E-state index in [1.54, 1.807) is 18.9 Å². The average Bonchev–Trinajstić information content (AvgIpc) is 2.76. The van der Waals surface area contributed by atoms with Gasteiger partial charge in [-0.25, -0.2) is 0 Å². The zero-order valence-electron chi connectivity index (χ0n) is 18.6. The number of hydrogen-bond donors (Lipinski definition) is 1. The summed E-state index contributed by atoms with van der Waals surface area (Å²) in [6, 6.07) is 15.3. The number of hydrogen-bond acceptors (Lipinski definition) is 5. The van der Waals surface area contributed by atoms with Crippen molar-refractivity contribution in [2.75, 3.05) is 39.7 Å². The second-order valence-electron chi connectivity index (χ2n) is 7.02. The zero-order chi connectivity index (χ0) is 20.9. The van der Waals surface area contributed by atoms with Crippen LogP contribution >= 0.6 is 24.2 Å². The Hall–Kier alpha value is -1.40. The average molecular weight is 454 g/mol. The molecule has 30 heavy (non-hydrogen) atoms. The van der Waals surface area contributed by atoms with Crippen LogP contribution in [0.2, 0.25) is 0 Å². The van der Waals surface area contributed by atoms with E-state index in [1.165, 1.54) is 16.0 Å². The van der Waals surface area contributed by atoms with Crippen LogP contribution in [0.4, 0.5) is 0 Å². The molecule has 2 rings (SSSR count). The molecule has 0 saturated carbocycles. The molecule has 0 saturated heterocycles. The van der Waals surface area contributed by atoms with E-state index in [-0.39, 0.29) is 12.4 Å². The normalized spacial score (nSPS) is 11.6. The Morgan fingerprint density at radius 3 is 2.40 bits per heavy atom. The Morgan fingerprint density at radius 1 is 1.00 bits per heavy atom. The van der Waals surface area contributed by atoms with Crippen molar-refractivity contribution in [2.24, 2.45) is 0 Å². The zero-order valence-corrected chi connectivity index (χ0v) is 20.2. The molecule has 0 spiro atoms. The molecule has 1 unspecified atom stereocenters. The van der Waals surface area contributed by atoms with Crippen molar-refractivity contribution >= 4 is 24.2 Å². The molecule has 6 heteroatoms. The fourth-order valence-corrected chi connectivity index (χ4v) is 3.68. The van der Waals surface area contributed by atoms with Gasteiger partial charge in [-0.05, 0) is 81.3 Å². The Kier molecular flexibility index (Phi) is 13.7. The van der Waals surface area contributed by atoms with Crippen LogP contribution in [0.25, 0.3) is 0 Å². The van der Waals surface area contributed by atoms with E-state index in [4.69, 9.17) is 14.2 Å². The lowest BCUT2D eigenvalue weighted by atomic mass is 10.1. The molecule has 4 nitrogen and oxygen atoms in total. The van der Waals surface area contributed by atoms with E-state index in [2.05, 4.69) is 48.8 Å². The third-order valence-electron chi connectivity index (χ3n) is 4.85. The topological polar surface area (TPSA) is 39.7 Å². The quantitative estimate of drug-likeness (QED) is 0.306. The lowest BCUT2D eigenvalue weighted by Gasteiger charge is -2.15. The van der Waals surface area contributed by atoms with Gasteiger partial charge in [0.15, 0.2) is 0 Å². The van der Waals surface area contributed by atoms with Crippen LogP contribution in [0.5, 0.6) is 11.5 Å². The summed E-state index contributed by atoms with van der Waals surface area (Å²) in [6.45, 7) is 7.17. The molecule has 2 aromatic rings. The third-order valence-corrected chi connectivity index (χ3v) is 5.61. The fraction of sp³-hybridized carbons (Fsp3) is 0.500. The smallest absolute Gasteiger partial charge is 0.132 e. The molecule has 0 radical (unpaired) electrons. The number of methoxy groups -OCH3 is 1. The summed E-state index contributed by atoms with van der Waals surface area (Å²) < 4.78 is 16.4. The van der Waals surface area contributed by atoms with Crippen molar-refractivity contribution in [3.8, 4) is 11.5 Å². The fourth-order valence-electron chi connectivity index (χ4n) is 3.08. The van der Waals surface area contributed by atoms with Gasteiger partial charge < -0.3 is 19.5 Å². The second-order valence-corrected chi connectivity index (χ2v) is 7.87. The maximum absolute atomic E-state index is 5.85. The number of thioether (sulfide) groups is 1. The summed E-state index contributed by atoms with van der Waals surface area (Å²) in [5.41, 5.74) is 2.69. The van der Waals surface area contributed by atoms with Crippen molar-refractivity contribution in [3.63, 3.8) is 0 Å². The molecule has 0 amide bonds. The minimum atomic E-state index is 0. The van der Waals surface area contributed by atoms with Crippen molar-refractivity contribution < 1.29 is 14.2 Å². The first-order valence-electron chi connectivity index (χ1n) is 10.4. The van der Waals surface area contributed by atoms with E-state index in [0.29, 0.717) is 19.3 Å². The monoisotopic (exact) mass is 453 g/mol. The molecular formula is C24H36ClNO3S. The Bertz CT molecular complexity index is 712. The maximum atomic E-state index is 5.85. The highest BCUT2D eigenvalue weighted by molar-refractivity contribution is 7.98. The minimum Gasteiger partial charge on any atom is -0.497 e. The van der Waals surface area contributed by atoms with Crippen molar-refractivity contribution in [1.29, 1.82) is 0 Å². The number of aryl methyl sites for hydroxylation is 1. The van der Waals surface area contributed by atoms with E-state index in [1.807, 2.05) is 19.1 Å². The molecule has 0 aromatic heterocycles. The lowest BCUT2D eigenvalue weighted by Crippen LogP contribution is -2.28. The lowest BCUT2D eigenvalue weighted by molar-refractivity contribution is 0.109. The van der Waals surface area contributed by atoms with Crippen LogP contribution in [-0.4, -0.2) is 45.8 Å². The summed E-state index contributed by atoms with van der Waals surface area (Å²) in [4.78, 5) is 1.19. The van der Waals surface area contributed by atoms with Crippen molar-refractivity contribution in [3.05, 3.63) is 53.6 Å². The molecule has 0 aliphatic heterocycles. The van der Waals surface area contributed by atoms with Crippen molar-refractivity contribution in [1.82, 2.24) is 5.32 Å². The third kappa shape index (κ3) is 9.61. The highest BCUT2D eigenvalue weighted by Gasteiger charge is 2.06. The summed E-state index contributed by atoms with van der Waals surface area (Å²) in [7, 11) is 1.70. The van der Waals surface area contributed by atoms with E-state index < -0.39 is 0 Å². The van der Waals surface area contributed by atoms with Gasteiger partial charge in [0.25, 0.3) is 0 Å². The molecule has 1 atom stereocenters. The van der Waals surface area contributed by atoms with Gasteiger partial charge in [-0.2, -0.15) is 0 Å². The van der Waals surface area contributed by atoms with Gasteiger partial charge in [0.1, 0.15) is 18.1 Å². The van der Waals surface area contributed by atoms with Gasteiger partial charge >= 0.3 is 0 Å². The summed E-state index contributed by atoms with van der Waals surface area (Å²) in [6.07, 6.45) is 5.30. The summed E-state index contributed by atoms with van der Waals surface area (Å²) >= 11 is 1.73. The van der Waals surface area contributed by atoms with Crippen LogP contribution < -0.4 is 14.8 Å². The van der Waals surface area contributed by atoms with Gasteiger partial charge in [-0.15, -0.1) is 24.2 Å². The molecule has 2 aromatic carbocycles. The highest BCUT2D eigenvalue weighted by Crippen LogP contribution is 2.29. The van der Waals surface area contributed by atoms with Crippen LogP contribution in [0.15, 0.2) is 47.4 Å². The van der Waals surface area contributed by atoms with Gasteiger partial charge in [0, 0.05) is 17.5 Å². The molecular weight excluding hydrogens is 418 g/mol. The molecule has 168 valence electrons. The molecule has 0 heterocycles. The van der Waals surface area contributed by atoms with Gasteiger partial charge in [0.05, 0.1) is 13.7 Å². The maximum Gasteiger partial charge on any atom is 0.132 e. The van der Waals surface area contributed by atoms with Crippen LogP contribution in [0, 0.1) is 0 Å². The molecule has 0 aliphatic rings. The van der Waals surface area contributed by atoms with Crippen LogP contribution in [0.1, 0.15) is 31.4 Å². The molecule has 0 bridgehead atoms. The van der Waals surface area contributed by atoms with E-state index in [0.717, 1.165) is 43.9 Å². The Morgan fingerprint density at radius 2 is 1.73 bits per heavy atom. The molecule has 0 fully saturated rings.